The van der Waals surface area contributed by atoms with E-state index >= 15 is 0 Å². The molecule has 0 N–H and O–H groups in total. The van der Waals surface area contributed by atoms with Gasteiger partial charge >= 0.3 is 0 Å². The van der Waals surface area contributed by atoms with Crippen molar-refractivity contribution >= 4 is 81.9 Å². The van der Waals surface area contributed by atoms with Gasteiger partial charge in [-0.1, -0.05) is 145 Å². The molecule has 9 aromatic carbocycles. The van der Waals surface area contributed by atoms with Crippen molar-refractivity contribution < 1.29 is 0 Å². The Kier molecular flexibility index (Phi) is 6.42. The molecule has 3 heteroatoms. The molecule has 252 valence electrons. The first-order valence-corrected chi connectivity index (χ1v) is 20.1. The van der Waals surface area contributed by atoms with Crippen LogP contribution in [0.5, 0.6) is 0 Å². The van der Waals surface area contributed by atoms with Crippen LogP contribution in [0.15, 0.2) is 198 Å². The highest BCUT2D eigenvalue weighted by Crippen LogP contribution is 2.61. The number of rotatable bonds is 3. The smallest absolute Gasteiger partial charge is 0.0735 e. The minimum atomic E-state index is -0.461. The predicted octanol–water partition coefficient (Wildman–Crippen LogP) is 14.7. The summed E-state index contributed by atoms with van der Waals surface area (Å²) in [5.74, 6) is 0. The predicted molar refractivity (Wildman–Crippen MR) is 230 cm³/mol. The molecular weight excluding hydrogens is 691 g/mol. The highest BCUT2D eigenvalue weighted by Gasteiger charge is 2.48. The number of benzene rings is 9. The van der Waals surface area contributed by atoms with Crippen LogP contribution in [0.3, 0.4) is 0 Å². The van der Waals surface area contributed by atoms with E-state index < -0.39 is 5.41 Å². The van der Waals surface area contributed by atoms with E-state index in [4.69, 9.17) is 0 Å². The van der Waals surface area contributed by atoms with E-state index in [-0.39, 0.29) is 0 Å². The van der Waals surface area contributed by atoms with Gasteiger partial charge in [0.25, 0.3) is 0 Å². The fraction of sp³-hybridized carbons (Fsp3) is 0.0196. The normalized spacial score (nSPS) is 15.4. The first kappa shape index (κ1) is 30.3. The lowest BCUT2D eigenvalue weighted by molar-refractivity contribution is 0.707. The fourth-order valence-corrected chi connectivity index (χ4v) is 11.8. The Hall–Kier alpha value is -6.13. The molecule has 1 aliphatic heterocycles. The van der Waals surface area contributed by atoms with Gasteiger partial charge in [-0.3, -0.25) is 0 Å². The summed E-state index contributed by atoms with van der Waals surface area (Å²) < 4.78 is 2.62. The standard InChI is InChI=1S/C51H31NS2/c1-2-16-35(17-3-1)52(36-24-26-39-41-28-33-12-4-5-13-34(33)29-47(41)54-48(39)30-36)37-25-27-44-49(31-37)53-46-23-9-8-21-43(46)51(44)42-20-7-6-18-38(42)40-19-10-14-32-15-11-22-45(51)50(32)40/h1-31H. The molecule has 2 aliphatic rings. The van der Waals surface area contributed by atoms with Gasteiger partial charge in [0.05, 0.1) is 5.41 Å². The monoisotopic (exact) mass is 721 g/mol. The third kappa shape index (κ3) is 4.17. The zero-order valence-electron chi connectivity index (χ0n) is 29.2. The zero-order chi connectivity index (χ0) is 35.4. The molecule has 0 radical (unpaired) electrons. The van der Waals surface area contributed by atoms with E-state index in [9.17, 15) is 0 Å². The second kappa shape index (κ2) is 11.4. The van der Waals surface area contributed by atoms with Crippen molar-refractivity contribution in [3.05, 3.63) is 210 Å². The highest BCUT2D eigenvalue weighted by molar-refractivity contribution is 7.99. The lowest BCUT2D eigenvalue weighted by atomic mass is 9.59. The summed E-state index contributed by atoms with van der Waals surface area (Å²) in [6.07, 6.45) is 0. The molecule has 0 fully saturated rings. The van der Waals surface area contributed by atoms with Gasteiger partial charge in [0.15, 0.2) is 0 Å². The molecule has 1 aliphatic carbocycles. The van der Waals surface area contributed by atoms with Gasteiger partial charge in [-0.05, 0) is 110 Å². The Balaban J connectivity index is 1.10. The molecule has 0 amide bonds. The first-order chi connectivity index (χ1) is 26.8. The molecule has 10 aromatic rings. The first-order valence-electron chi connectivity index (χ1n) is 18.5. The fourth-order valence-electron chi connectivity index (χ4n) is 9.44. The summed E-state index contributed by atoms with van der Waals surface area (Å²) in [6.45, 7) is 0. The van der Waals surface area contributed by atoms with Crippen LogP contribution in [-0.4, -0.2) is 0 Å². The van der Waals surface area contributed by atoms with Crippen molar-refractivity contribution in [2.45, 2.75) is 15.2 Å². The van der Waals surface area contributed by atoms with Gasteiger partial charge in [0, 0.05) is 47.0 Å². The van der Waals surface area contributed by atoms with Crippen molar-refractivity contribution in [2.75, 3.05) is 4.90 Å². The summed E-state index contributed by atoms with van der Waals surface area (Å²) in [6, 6.07) is 70.3. The van der Waals surface area contributed by atoms with Gasteiger partial charge in [-0.25, -0.2) is 0 Å². The molecule has 12 rings (SSSR count). The summed E-state index contributed by atoms with van der Waals surface area (Å²) in [4.78, 5) is 5.02. The van der Waals surface area contributed by atoms with Crippen LogP contribution in [0.4, 0.5) is 17.1 Å². The average molecular weight is 722 g/mol. The van der Waals surface area contributed by atoms with Gasteiger partial charge in [0.1, 0.15) is 0 Å². The molecule has 0 saturated carbocycles. The largest absolute Gasteiger partial charge is 0.310 e. The second-order valence-electron chi connectivity index (χ2n) is 14.4. The van der Waals surface area contributed by atoms with E-state index in [1.807, 2.05) is 23.1 Å². The maximum atomic E-state index is 2.44. The lowest BCUT2D eigenvalue weighted by Gasteiger charge is -2.46. The lowest BCUT2D eigenvalue weighted by Crippen LogP contribution is -2.36. The van der Waals surface area contributed by atoms with Crippen molar-refractivity contribution in [1.29, 1.82) is 0 Å². The third-order valence-electron chi connectivity index (χ3n) is 11.7. The highest BCUT2D eigenvalue weighted by atomic mass is 32.2. The topological polar surface area (TPSA) is 3.24 Å². The number of nitrogens with zero attached hydrogens (tertiary/aromatic N) is 1. The van der Waals surface area contributed by atoms with E-state index in [2.05, 4.69) is 193 Å². The molecule has 54 heavy (non-hydrogen) atoms. The average Bonchev–Trinajstić information content (AvgIpc) is 3.58. The molecule has 1 aromatic heterocycles. The minimum absolute atomic E-state index is 0.461. The van der Waals surface area contributed by atoms with Crippen molar-refractivity contribution in [3.8, 4) is 11.1 Å². The summed E-state index contributed by atoms with van der Waals surface area (Å²) >= 11 is 3.78. The second-order valence-corrected chi connectivity index (χ2v) is 16.6. The quantitative estimate of drug-likeness (QED) is 0.179. The summed E-state index contributed by atoms with van der Waals surface area (Å²) in [5.41, 5.74) is 11.0. The SMILES string of the molecule is c1ccc(N(c2ccc3c(c2)Sc2ccccc2C32c3ccccc3-c3cccc4cccc2c34)c2ccc3c(c2)sc2cc4ccccc4cc23)cc1. The van der Waals surface area contributed by atoms with Gasteiger partial charge in [-0.2, -0.15) is 0 Å². The van der Waals surface area contributed by atoms with E-state index in [0.717, 1.165) is 17.1 Å². The van der Waals surface area contributed by atoms with Crippen LogP contribution < -0.4 is 4.90 Å². The molecule has 0 bridgehead atoms. The maximum Gasteiger partial charge on any atom is 0.0735 e. The number of hydrogen-bond donors (Lipinski definition) is 0. The van der Waals surface area contributed by atoms with Crippen molar-refractivity contribution in [3.63, 3.8) is 0 Å². The van der Waals surface area contributed by atoms with Crippen LogP contribution >= 0.6 is 23.1 Å². The van der Waals surface area contributed by atoms with Crippen LogP contribution in [0.25, 0.3) is 52.8 Å². The molecule has 1 nitrogen and oxygen atoms in total. The van der Waals surface area contributed by atoms with Crippen molar-refractivity contribution in [2.24, 2.45) is 0 Å². The molecule has 1 spiro atoms. The minimum Gasteiger partial charge on any atom is -0.310 e. The number of anilines is 3. The van der Waals surface area contributed by atoms with Gasteiger partial charge in [0.2, 0.25) is 0 Å². The number of hydrogen-bond acceptors (Lipinski definition) is 3. The maximum absolute atomic E-state index is 2.44. The van der Waals surface area contributed by atoms with Crippen LogP contribution in [0.1, 0.15) is 22.3 Å². The molecule has 1 atom stereocenters. The molecule has 2 heterocycles. The molecular formula is C51H31NS2. The Labute approximate surface area is 321 Å². The zero-order valence-corrected chi connectivity index (χ0v) is 30.8. The van der Waals surface area contributed by atoms with Crippen LogP contribution in [0.2, 0.25) is 0 Å². The number of fused-ring (bicyclic) bond motifs is 12. The van der Waals surface area contributed by atoms with Crippen molar-refractivity contribution in [1.82, 2.24) is 0 Å². The third-order valence-corrected chi connectivity index (χ3v) is 13.9. The van der Waals surface area contributed by atoms with E-state index in [1.54, 1.807) is 0 Å². The number of thiophene rings is 1. The van der Waals surface area contributed by atoms with E-state index in [1.165, 1.54) is 84.9 Å². The molecule has 1 unspecified atom stereocenters. The Morgan fingerprint density at radius 1 is 0.370 bits per heavy atom. The summed E-state index contributed by atoms with van der Waals surface area (Å²) in [5, 5.41) is 7.84. The van der Waals surface area contributed by atoms with Gasteiger partial charge in [-0.15, -0.1) is 11.3 Å². The summed E-state index contributed by atoms with van der Waals surface area (Å²) in [7, 11) is 0. The van der Waals surface area contributed by atoms with Gasteiger partial charge < -0.3 is 4.90 Å². The number of para-hydroxylation sites is 1. The Morgan fingerprint density at radius 2 is 1.00 bits per heavy atom. The Morgan fingerprint density at radius 3 is 1.89 bits per heavy atom. The van der Waals surface area contributed by atoms with Crippen LogP contribution in [-0.2, 0) is 5.41 Å². The Bertz CT molecular complexity index is 3150. The van der Waals surface area contributed by atoms with Crippen LogP contribution in [0, 0.1) is 0 Å². The molecule has 0 saturated heterocycles. The van der Waals surface area contributed by atoms with E-state index in [0.29, 0.717) is 0 Å².